The largest absolute Gasteiger partial charge is 0.486 e. The highest BCUT2D eigenvalue weighted by Crippen LogP contribution is 2.23. The molecule has 2 rings (SSSR count). The van der Waals surface area contributed by atoms with Crippen LogP contribution in [0.5, 0.6) is 5.75 Å². The van der Waals surface area contributed by atoms with Crippen molar-refractivity contribution < 1.29 is 14.3 Å². The van der Waals surface area contributed by atoms with E-state index < -0.39 is 5.97 Å². The molecule has 21 heavy (non-hydrogen) atoms. The minimum atomic E-state index is -0.460. The fourth-order valence-electron chi connectivity index (χ4n) is 1.83. The van der Waals surface area contributed by atoms with Gasteiger partial charge in [-0.15, -0.1) is 0 Å². The number of nitrogens with two attached hydrogens (primary N) is 1. The number of carbonyl (C=O) groups excluding carboxylic acids is 1. The van der Waals surface area contributed by atoms with Crippen LogP contribution in [0.3, 0.4) is 0 Å². The molecule has 0 saturated carbocycles. The average Bonchev–Trinajstić information content (AvgIpc) is 2.93. The molecule has 112 valence electrons. The second-order valence-corrected chi connectivity index (χ2v) is 4.92. The molecule has 1 heterocycles. The molecular weight excluding hydrogens is 270 g/mol. The number of nitrogen functional groups attached to an aromatic ring is 1. The number of methoxy groups -OCH3 is 1. The van der Waals surface area contributed by atoms with Crippen LogP contribution in [0.4, 0.5) is 5.69 Å². The Balaban J connectivity index is 2.14. The summed E-state index contributed by atoms with van der Waals surface area (Å²) in [4.78, 5) is 11.7. The fourth-order valence-corrected chi connectivity index (χ4v) is 1.83. The summed E-state index contributed by atoms with van der Waals surface area (Å²) in [5.74, 6) is -0.0707. The topological polar surface area (TPSA) is 79.4 Å². The first-order valence-corrected chi connectivity index (χ1v) is 6.66. The smallest absolute Gasteiger partial charge is 0.341 e. The molecule has 2 aromatic rings. The summed E-state index contributed by atoms with van der Waals surface area (Å²) in [5.41, 5.74) is 7.37. The van der Waals surface area contributed by atoms with Crippen LogP contribution in [0.1, 0.15) is 35.9 Å². The Morgan fingerprint density at radius 2 is 2.14 bits per heavy atom. The maximum atomic E-state index is 11.7. The highest BCUT2D eigenvalue weighted by atomic mass is 16.5. The normalized spacial score (nSPS) is 10.7. The summed E-state index contributed by atoms with van der Waals surface area (Å²) in [6.07, 6.45) is 1.89. The maximum Gasteiger partial charge on any atom is 0.341 e. The van der Waals surface area contributed by atoms with Gasteiger partial charge in [-0.3, -0.25) is 4.68 Å². The minimum Gasteiger partial charge on any atom is -0.486 e. The lowest BCUT2D eigenvalue weighted by atomic mass is 10.2. The van der Waals surface area contributed by atoms with Crippen LogP contribution in [-0.4, -0.2) is 22.9 Å². The maximum absolute atomic E-state index is 11.7. The number of aromatic nitrogens is 2. The van der Waals surface area contributed by atoms with E-state index >= 15 is 0 Å². The van der Waals surface area contributed by atoms with E-state index in [4.69, 9.17) is 15.2 Å². The molecular formula is C15H19N3O3. The van der Waals surface area contributed by atoms with Crippen LogP contribution >= 0.6 is 0 Å². The Bertz CT molecular complexity index is 635. The molecule has 0 amide bonds. The SMILES string of the molecule is COC(=O)c1ccc(N)cc1OCc1ccn(C(C)C)n1. The molecule has 6 nitrogen and oxygen atoms in total. The molecule has 0 bridgehead atoms. The second kappa shape index (κ2) is 6.30. The van der Waals surface area contributed by atoms with Crippen LogP contribution in [0, 0.1) is 0 Å². The van der Waals surface area contributed by atoms with Crippen molar-refractivity contribution in [2.75, 3.05) is 12.8 Å². The van der Waals surface area contributed by atoms with Gasteiger partial charge in [0.15, 0.2) is 0 Å². The first-order chi connectivity index (χ1) is 10.0. The first-order valence-electron chi connectivity index (χ1n) is 6.66. The average molecular weight is 289 g/mol. The van der Waals surface area contributed by atoms with Gasteiger partial charge < -0.3 is 15.2 Å². The van der Waals surface area contributed by atoms with Crippen LogP contribution in [-0.2, 0) is 11.3 Å². The third-order valence-corrected chi connectivity index (χ3v) is 2.98. The Morgan fingerprint density at radius 3 is 2.76 bits per heavy atom. The predicted molar refractivity (Wildman–Crippen MR) is 79.1 cm³/mol. The predicted octanol–water partition coefficient (Wildman–Crippen LogP) is 2.41. The van der Waals surface area contributed by atoms with Gasteiger partial charge in [0.2, 0.25) is 0 Å². The zero-order valence-corrected chi connectivity index (χ0v) is 12.4. The number of ether oxygens (including phenoxy) is 2. The monoisotopic (exact) mass is 289 g/mol. The molecule has 1 aromatic carbocycles. The molecule has 0 spiro atoms. The number of benzene rings is 1. The molecule has 6 heteroatoms. The molecule has 0 aliphatic heterocycles. The van der Waals surface area contributed by atoms with E-state index in [1.165, 1.54) is 7.11 Å². The lowest BCUT2D eigenvalue weighted by Crippen LogP contribution is -2.07. The van der Waals surface area contributed by atoms with E-state index in [1.807, 2.05) is 30.8 Å². The van der Waals surface area contributed by atoms with Gasteiger partial charge in [0.05, 0.1) is 12.8 Å². The van der Waals surface area contributed by atoms with Crippen LogP contribution in [0.25, 0.3) is 0 Å². The van der Waals surface area contributed by atoms with Crippen LogP contribution < -0.4 is 10.5 Å². The van der Waals surface area contributed by atoms with E-state index in [2.05, 4.69) is 5.10 Å². The van der Waals surface area contributed by atoms with Crippen molar-refractivity contribution in [1.29, 1.82) is 0 Å². The zero-order valence-electron chi connectivity index (χ0n) is 12.4. The molecule has 0 aliphatic carbocycles. The van der Waals surface area contributed by atoms with Gasteiger partial charge in [-0.25, -0.2) is 4.79 Å². The minimum absolute atomic E-state index is 0.257. The lowest BCUT2D eigenvalue weighted by molar-refractivity contribution is 0.0595. The van der Waals surface area contributed by atoms with E-state index in [9.17, 15) is 4.79 Å². The molecule has 0 radical (unpaired) electrons. The zero-order chi connectivity index (χ0) is 15.4. The van der Waals surface area contributed by atoms with Crippen LogP contribution in [0.15, 0.2) is 30.5 Å². The number of esters is 1. The Hall–Kier alpha value is -2.50. The molecule has 0 unspecified atom stereocenters. The Morgan fingerprint density at radius 1 is 1.38 bits per heavy atom. The van der Waals surface area contributed by atoms with E-state index in [1.54, 1.807) is 18.2 Å². The third-order valence-electron chi connectivity index (χ3n) is 2.98. The highest BCUT2D eigenvalue weighted by molar-refractivity contribution is 5.93. The molecule has 1 aromatic heterocycles. The van der Waals surface area contributed by atoms with E-state index in [0.29, 0.717) is 17.0 Å². The second-order valence-electron chi connectivity index (χ2n) is 4.92. The lowest BCUT2D eigenvalue weighted by Gasteiger charge is -2.10. The summed E-state index contributed by atoms with van der Waals surface area (Å²) >= 11 is 0. The Kier molecular flexibility index (Phi) is 4.47. The van der Waals surface area contributed by atoms with Gasteiger partial charge in [0.25, 0.3) is 0 Å². The summed E-state index contributed by atoms with van der Waals surface area (Å²) < 4.78 is 12.2. The van der Waals surface area contributed by atoms with Gasteiger partial charge in [-0.05, 0) is 32.0 Å². The molecule has 0 saturated heterocycles. The van der Waals surface area contributed by atoms with Crippen molar-refractivity contribution in [2.45, 2.75) is 26.5 Å². The van der Waals surface area contributed by atoms with Gasteiger partial charge in [0.1, 0.15) is 17.9 Å². The molecule has 0 aliphatic rings. The Labute approximate surface area is 123 Å². The summed E-state index contributed by atoms with van der Waals surface area (Å²) in [7, 11) is 1.33. The third kappa shape index (κ3) is 3.53. The standard InChI is InChI=1S/C15H19N3O3/c1-10(2)18-7-6-12(17-18)9-21-14-8-11(16)4-5-13(14)15(19)20-3/h4-8,10H,9,16H2,1-3H3. The van der Waals surface area contributed by atoms with Gasteiger partial charge in [-0.2, -0.15) is 5.10 Å². The van der Waals surface area contributed by atoms with E-state index in [-0.39, 0.29) is 12.6 Å². The fraction of sp³-hybridized carbons (Fsp3) is 0.333. The van der Waals surface area contributed by atoms with Crippen molar-refractivity contribution in [3.63, 3.8) is 0 Å². The van der Waals surface area contributed by atoms with Crippen molar-refractivity contribution in [2.24, 2.45) is 0 Å². The number of anilines is 1. The number of carbonyl (C=O) groups is 1. The molecule has 0 fully saturated rings. The van der Waals surface area contributed by atoms with Gasteiger partial charge in [-0.1, -0.05) is 0 Å². The van der Waals surface area contributed by atoms with E-state index in [0.717, 1.165) is 5.69 Å². The molecule has 0 atom stereocenters. The van der Waals surface area contributed by atoms with Crippen molar-refractivity contribution in [3.05, 3.63) is 41.7 Å². The van der Waals surface area contributed by atoms with Crippen molar-refractivity contribution >= 4 is 11.7 Å². The summed E-state index contributed by atoms with van der Waals surface area (Å²) in [6.45, 7) is 4.35. The van der Waals surface area contributed by atoms with Gasteiger partial charge >= 0.3 is 5.97 Å². The van der Waals surface area contributed by atoms with Crippen molar-refractivity contribution in [3.8, 4) is 5.75 Å². The number of rotatable bonds is 5. The highest BCUT2D eigenvalue weighted by Gasteiger charge is 2.14. The molecule has 2 N–H and O–H groups in total. The quantitative estimate of drug-likeness (QED) is 0.675. The summed E-state index contributed by atoms with van der Waals surface area (Å²) in [6, 6.07) is 6.99. The van der Waals surface area contributed by atoms with Crippen molar-refractivity contribution in [1.82, 2.24) is 9.78 Å². The first kappa shape index (κ1) is 14.9. The van der Waals surface area contributed by atoms with Gasteiger partial charge in [0, 0.05) is 24.0 Å². The number of nitrogens with zero attached hydrogens (tertiary/aromatic N) is 2. The number of hydrogen-bond donors (Lipinski definition) is 1. The van der Waals surface area contributed by atoms with Crippen LogP contribution in [0.2, 0.25) is 0 Å². The number of hydrogen-bond acceptors (Lipinski definition) is 5. The summed E-state index contributed by atoms with van der Waals surface area (Å²) in [5, 5.41) is 4.39.